The van der Waals surface area contributed by atoms with Crippen LogP contribution in [0.5, 0.6) is 11.5 Å². The van der Waals surface area contributed by atoms with E-state index in [9.17, 15) is 9.90 Å². The third-order valence-corrected chi connectivity index (χ3v) is 12.0. The highest BCUT2D eigenvalue weighted by atomic mass is 35.5. The average molecular weight is 795 g/mol. The summed E-state index contributed by atoms with van der Waals surface area (Å²) in [5.41, 5.74) is 4.90. The lowest BCUT2D eigenvalue weighted by atomic mass is 9.79. The highest BCUT2D eigenvalue weighted by molar-refractivity contribution is 8.18. The Balaban J connectivity index is 1.70. The van der Waals surface area contributed by atoms with Crippen LogP contribution in [0.3, 0.4) is 0 Å². The van der Waals surface area contributed by atoms with Gasteiger partial charge in [-0.15, -0.1) is 23.5 Å². The minimum Gasteiger partial charge on any atom is -0.507 e. The van der Waals surface area contributed by atoms with Crippen molar-refractivity contribution in [2.45, 2.75) is 139 Å². The molecule has 0 aliphatic heterocycles. The summed E-state index contributed by atoms with van der Waals surface area (Å²) in [6.45, 7) is 30.3. The molecule has 4 aromatic carbocycles. The summed E-state index contributed by atoms with van der Waals surface area (Å²) < 4.78 is 6.14. The maximum absolute atomic E-state index is 13.9. The summed E-state index contributed by atoms with van der Waals surface area (Å²) in [5.74, 6) is 0.653. The second kappa shape index (κ2) is 15.8. The van der Waals surface area contributed by atoms with E-state index >= 15 is 0 Å². The lowest BCUT2D eigenvalue weighted by Crippen LogP contribution is -2.23. The molecule has 0 saturated carbocycles. The van der Waals surface area contributed by atoms with Gasteiger partial charge >= 0.3 is 5.97 Å². The van der Waals surface area contributed by atoms with Crippen LogP contribution >= 0.6 is 46.7 Å². The van der Waals surface area contributed by atoms with Crippen LogP contribution in [0, 0.1) is 0 Å². The van der Waals surface area contributed by atoms with Gasteiger partial charge < -0.3 is 15.2 Å². The molecule has 0 unspecified atom stereocenters. The van der Waals surface area contributed by atoms with Gasteiger partial charge in [0.25, 0.3) is 0 Å². The number of hydrogen-bond donors (Lipinski definition) is 2. The minimum atomic E-state index is -0.353. The predicted octanol–water partition coefficient (Wildman–Crippen LogP) is 14.4. The molecule has 0 aliphatic carbocycles. The van der Waals surface area contributed by atoms with Crippen molar-refractivity contribution in [3.63, 3.8) is 0 Å². The number of phenols is 1. The van der Waals surface area contributed by atoms with Gasteiger partial charge in [-0.1, -0.05) is 131 Å². The van der Waals surface area contributed by atoms with Gasteiger partial charge in [-0.2, -0.15) is 0 Å². The van der Waals surface area contributed by atoms with Crippen LogP contribution in [0.15, 0.2) is 76.5 Å². The van der Waals surface area contributed by atoms with E-state index in [-0.39, 0.29) is 38.1 Å². The Labute approximate surface area is 337 Å². The Hall–Kier alpha value is -2.77. The molecule has 286 valence electrons. The Morgan fingerprint density at radius 2 is 1.06 bits per heavy atom. The molecular formula is C45H57Cl2NO3S2. The summed E-state index contributed by atoms with van der Waals surface area (Å²) >= 11 is 16.5. The molecule has 0 atom stereocenters. The Morgan fingerprint density at radius 1 is 0.642 bits per heavy atom. The molecule has 4 aromatic rings. The quantitative estimate of drug-likeness (QED) is 0.0762. The summed E-state index contributed by atoms with van der Waals surface area (Å²) in [6, 6.07) is 21.6. The van der Waals surface area contributed by atoms with Crippen LogP contribution in [0.25, 0.3) is 0 Å². The fourth-order valence-corrected chi connectivity index (χ4v) is 9.22. The van der Waals surface area contributed by atoms with Gasteiger partial charge in [-0.05, 0) is 83.5 Å². The van der Waals surface area contributed by atoms with Crippen LogP contribution in [-0.4, -0.2) is 15.2 Å². The predicted molar refractivity (Wildman–Crippen MR) is 231 cm³/mol. The van der Waals surface area contributed by atoms with E-state index in [4.69, 9.17) is 27.9 Å². The lowest BCUT2D eigenvalue weighted by Gasteiger charge is -2.32. The maximum Gasteiger partial charge on any atom is 0.315 e. The molecule has 0 spiro atoms. The lowest BCUT2D eigenvalue weighted by molar-refractivity contribution is -0.133. The molecule has 0 bridgehead atoms. The van der Waals surface area contributed by atoms with Crippen molar-refractivity contribution >= 4 is 64.1 Å². The van der Waals surface area contributed by atoms with Crippen LogP contribution in [0.1, 0.15) is 125 Å². The van der Waals surface area contributed by atoms with Crippen molar-refractivity contribution in [3.05, 3.63) is 105 Å². The highest BCUT2D eigenvalue weighted by Gasteiger charge is 2.33. The number of para-hydroxylation sites is 2. The number of esters is 1. The van der Waals surface area contributed by atoms with Gasteiger partial charge in [0.05, 0.1) is 26.2 Å². The molecule has 0 saturated heterocycles. The molecular weight excluding hydrogens is 738 g/mol. The van der Waals surface area contributed by atoms with E-state index in [1.54, 1.807) is 41.7 Å². The smallest absolute Gasteiger partial charge is 0.315 e. The van der Waals surface area contributed by atoms with Gasteiger partial charge in [0.2, 0.25) is 0 Å². The molecule has 0 amide bonds. The van der Waals surface area contributed by atoms with E-state index < -0.39 is 0 Å². The summed E-state index contributed by atoms with van der Waals surface area (Å²) in [7, 11) is 0. The fourth-order valence-electron chi connectivity index (χ4n) is 6.14. The van der Waals surface area contributed by atoms with Gasteiger partial charge in [0, 0.05) is 37.7 Å². The number of rotatable bonds is 9. The first-order valence-corrected chi connectivity index (χ1v) is 20.5. The van der Waals surface area contributed by atoms with E-state index in [0.717, 1.165) is 43.3 Å². The first kappa shape index (κ1) is 43.0. The zero-order chi connectivity index (χ0) is 39.9. The molecule has 0 aromatic heterocycles. The molecule has 0 aliphatic rings. The third-order valence-electron chi connectivity index (χ3n) is 8.90. The van der Waals surface area contributed by atoms with E-state index in [0.29, 0.717) is 27.2 Å². The molecule has 8 heteroatoms. The number of thioether (sulfide) groups is 2. The van der Waals surface area contributed by atoms with E-state index in [1.165, 1.54) is 0 Å². The molecule has 4 nitrogen and oxygen atoms in total. The second-order valence-electron chi connectivity index (χ2n) is 18.3. The summed E-state index contributed by atoms with van der Waals surface area (Å²) in [4.78, 5) is 16.1. The monoisotopic (exact) mass is 793 g/mol. The Morgan fingerprint density at radius 3 is 1.49 bits per heavy atom. The zero-order valence-corrected chi connectivity index (χ0v) is 37.0. The minimum absolute atomic E-state index is 0.0539. The van der Waals surface area contributed by atoms with Crippen LogP contribution < -0.4 is 10.1 Å². The molecule has 4 rings (SSSR count). The van der Waals surface area contributed by atoms with Crippen molar-refractivity contribution in [3.8, 4) is 11.5 Å². The third kappa shape index (κ3) is 10.9. The number of anilines is 2. The van der Waals surface area contributed by atoms with Crippen molar-refractivity contribution < 1.29 is 14.6 Å². The number of phenolic OH excluding ortho intramolecular Hbond substituents is 1. The Bertz CT molecular complexity index is 1890. The van der Waals surface area contributed by atoms with Crippen molar-refractivity contribution in [2.75, 3.05) is 5.32 Å². The topological polar surface area (TPSA) is 58.6 Å². The van der Waals surface area contributed by atoms with Crippen molar-refractivity contribution in [1.29, 1.82) is 0 Å². The fraction of sp³-hybridized carbons (Fsp3) is 0.444. The molecule has 0 radical (unpaired) electrons. The van der Waals surface area contributed by atoms with E-state index in [1.807, 2.05) is 24.3 Å². The van der Waals surface area contributed by atoms with Crippen molar-refractivity contribution in [1.82, 2.24) is 0 Å². The summed E-state index contributed by atoms with van der Waals surface area (Å²) in [5, 5.41) is 15.6. The van der Waals surface area contributed by atoms with Gasteiger partial charge in [-0.25, -0.2) is 0 Å². The average Bonchev–Trinajstić information content (AvgIpc) is 2.98. The zero-order valence-electron chi connectivity index (χ0n) is 33.9. The number of nitrogens with one attached hydrogen (secondary N) is 1. The number of carbonyl (C=O) groups is 1. The molecule has 53 heavy (non-hydrogen) atoms. The van der Waals surface area contributed by atoms with Gasteiger partial charge in [0.15, 0.2) is 0 Å². The van der Waals surface area contributed by atoms with E-state index in [2.05, 4.69) is 127 Å². The normalized spacial score (nSPS) is 12.9. The summed E-state index contributed by atoms with van der Waals surface area (Å²) in [6.07, 6.45) is 0.0539. The van der Waals surface area contributed by atoms with Crippen molar-refractivity contribution in [2.24, 2.45) is 0 Å². The first-order valence-electron chi connectivity index (χ1n) is 18.1. The second-order valence-corrected chi connectivity index (χ2v) is 22.8. The Kier molecular flexibility index (Phi) is 12.8. The number of benzene rings is 4. The highest BCUT2D eigenvalue weighted by Crippen LogP contribution is 2.51. The number of halogens is 2. The molecule has 2 N–H and O–H groups in total. The molecule has 0 heterocycles. The largest absolute Gasteiger partial charge is 0.507 e. The first-order chi connectivity index (χ1) is 24.2. The van der Waals surface area contributed by atoms with Gasteiger partial charge in [-0.3, -0.25) is 4.79 Å². The van der Waals surface area contributed by atoms with Crippen LogP contribution in [0.4, 0.5) is 11.4 Å². The van der Waals surface area contributed by atoms with Crippen LogP contribution in [0.2, 0.25) is 10.0 Å². The SMILES string of the molecule is CC(C)(Sc1cc(C(C)(C)C)c(O)c(C(C)(C)C)c1)Sc1cc(C(C)(C)C)c(OC(=O)Cc2ccccc2Nc2c(Cl)cccc2Cl)c(C(C)(C)C)c1. The van der Waals surface area contributed by atoms with Gasteiger partial charge in [0.1, 0.15) is 11.5 Å². The molecule has 0 fully saturated rings. The maximum atomic E-state index is 13.9. The number of aromatic hydroxyl groups is 1. The number of carbonyl (C=O) groups excluding carboxylic acids is 1. The number of hydrogen-bond acceptors (Lipinski definition) is 6. The number of ether oxygens (including phenoxy) is 1. The standard InChI is InChI=1S/C45H57Cl2NO3S2/c1-41(2,3)30-23-28(24-31(39(30)50)42(4,5)6)52-45(13,14)53-29-25-32(43(7,8)9)40(33(26-29)44(10,11)12)51-37(49)22-27-18-15-16-21-36(27)48-38-34(46)19-17-20-35(38)47/h15-21,23-26,48,50H,22H2,1-14H3. The van der Waals surface area contributed by atoms with Crippen LogP contribution in [-0.2, 0) is 32.9 Å².